The van der Waals surface area contributed by atoms with Gasteiger partial charge in [-0.05, 0) is 43.7 Å². The fraction of sp³-hybridized carbons (Fsp3) is 0.235. The lowest BCUT2D eigenvalue weighted by atomic mass is 10.2. The zero-order valence-corrected chi connectivity index (χ0v) is 14.4. The maximum absolute atomic E-state index is 13.7. The Kier molecular flexibility index (Phi) is 5.86. The van der Waals surface area contributed by atoms with Crippen LogP contribution >= 0.6 is 23.4 Å². The topological polar surface area (TPSA) is 15.6 Å². The molecule has 0 unspecified atom stereocenters. The SMILES string of the molecule is CCN(C)C=Nc1cc(Cl)c(Sc2ccccc2F)cc1C. The van der Waals surface area contributed by atoms with E-state index in [2.05, 4.69) is 11.9 Å². The maximum atomic E-state index is 13.7. The van der Waals surface area contributed by atoms with Crippen LogP contribution in [0.1, 0.15) is 12.5 Å². The summed E-state index contributed by atoms with van der Waals surface area (Å²) in [5.74, 6) is -0.243. The molecule has 0 spiro atoms. The van der Waals surface area contributed by atoms with Crippen LogP contribution in [0.5, 0.6) is 0 Å². The van der Waals surface area contributed by atoms with E-state index in [0.29, 0.717) is 9.92 Å². The van der Waals surface area contributed by atoms with Crippen LogP contribution in [0.2, 0.25) is 5.02 Å². The van der Waals surface area contributed by atoms with Crippen molar-refractivity contribution in [3.63, 3.8) is 0 Å². The first kappa shape index (κ1) is 16.8. The van der Waals surface area contributed by atoms with Crippen molar-refractivity contribution in [3.05, 3.63) is 52.8 Å². The summed E-state index contributed by atoms with van der Waals surface area (Å²) < 4.78 is 13.7. The molecule has 0 atom stereocenters. The van der Waals surface area contributed by atoms with E-state index in [9.17, 15) is 4.39 Å². The quantitative estimate of drug-likeness (QED) is 0.525. The Balaban J connectivity index is 2.27. The number of aryl methyl sites for hydroxylation is 1. The van der Waals surface area contributed by atoms with Gasteiger partial charge in [0.05, 0.1) is 17.0 Å². The van der Waals surface area contributed by atoms with Crippen LogP contribution < -0.4 is 0 Å². The standard InChI is InChI=1S/C17H18ClFN2S/c1-4-21(3)11-20-15-10-13(18)17(9-12(15)2)22-16-8-6-5-7-14(16)19/h5-11H,4H2,1-3H3. The molecule has 0 aliphatic carbocycles. The molecule has 2 rings (SSSR count). The van der Waals surface area contributed by atoms with Crippen LogP contribution in [0.25, 0.3) is 0 Å². The Morgan fingerprint density at radius 1 is 1.27 bits per heavy atom. The number of nitrogens with zero attached hydrogens (tertiary/aromatic N) is 2. The zero-order valence-electron chi connectivity index (χ0n) is 12.8. The highest BCUT2D eigenvalue weighted by atomic mass is 35.5. The van der Waals surface area contributed by atoms with Crippen LogP contribution in [-0.4, -0.2) is 24.8 Å². The first-order valence-electron chi connectivity index (χ1n) is 6.98. The van der Waals surface area contributed by atoms with E-state index in [4.69, 9.17) is 11.6 Å². The fourth-order valence-corrected chi connectivity index (χ4v) is 2.97. The molecule has 0 radical (unpaired) electrons. The second kappa shape index (κ2) is 7.65. The van der Waals surface area contributed by atoms with Crippen molar-refractivity contribution in [2.45, 2.75) is 23.6 Å². The van der Waals surface area contributed by atoms with Crippen LogP contribution in [0.3, 0.4) is 0 Å². The summed E-state index contributed by atoms with van der Waals surface area (Å²) in [6.45, 7) is 4.91. The Labute approximate surface area is 140 Å². The Bertz CT molecular complexity index is 688. The molecular weight excluding hydrogens is 319 g/mol. The molecule has 0 saturated heterocycles. The van der Waals surface area contributed by atoms with Crippen LogP contribution in [0, 0.1) is 12.7 Å². The smallest absolute Gasteiger partial charge is 0.137 e. The normalized spacial score (nSPS) is 11.1. The first-order valence-corrected chi connectivity index (χ1v) is 8.17. The average Bonchev–Trinajstić information content (AvgIpc) is 2.51. The van der Waals surface area contributed by atoms with Gasteiger partial charge in [0.2, 0.25) is 0 Å². The summed E-state index contributed by atoms with van der Waals surface area (Å²) in [6.07, 6.45) is 1.78. The minimum atomic E-state index is -0.243. The van der Waals surface area contributed by atoms with Crippen LogP contribution in [-0.2, 0) is 0 Å². The maximum Gasteiger partial charge on any atom is 0.137 e. The van der Waals surface area contributed by atoms with Gasteiger partial charge in [0.25, 0.3) is 0 Å². The van der Waals surface area contributed by atoms with E-state index in [1.165, 1.54) is 17.8 Å². The van der Waals surface area contributed by atoms with E-state index >= 15 is 0 Å². The van der Waals surface area contributed by atoms with E-state index in [1.807, 2.05) is 37.1 Å². The Morgan fingerprint density at radius 3 is 2.68 bits per heavy atom. The fourth-order valence-electron chi connectivity index (χ4n) is 1.75. The lowest BCUT2D eigenvalue weighted by Crippen LogP contribution is -2.14. The van der Waals surface area contributed by atoms with Crippen LogP contribution in [0.15, 0.2) is 51.2 Å². The third-order valence-corrected chi connectivity index (χ3v) is 4.73. The lowest BCUT2D eigenvalue weighted by molar-refractivity contribution is 0.552. The number of hydrogen-bond acceptors (Lipinski definition) is 2. The Hall–Kier alpha value is -1.52. The average molecular weight is 337 g/mol. The summed E-state index contributed by atoms with van der Waals surface area (Å²) in [4.78, 5) is 7.80. The molecule has 0 aliphatic rings. The monoisotopic (exact) mass is 336 g/mol. The number of halogens is 2. The number of aliphatic imine (C=N–C) groups is 1. The third-order valence-electron chi connectivity index (χ3n) is 3.20. The number of benzene rings is 2. The second-order valence-electron chi connectivity index (χ2n) is 4.92. The van der Waals surface area contributed by atoms with E-state index in [1.54, 1.807) is 18.5 Å². The zero-order chi connectivity index (χ0) is 16.1. The van der Waals surface area contributed by atoms with Crippen molar-refractivity contribution < 1.29 is 4.39 Å². The molecule has 2 aromatic rings. The lowest BCUT2D eigenvalue weighted by Gasteiger charge is -2.11. The largest absolute Gasteiger partial charge is 0.366 e. The number of rotatable bonds is 5. The molecule has 0 bridgehead atoms. The van der Waals surface area contributed by atoms with Gasteiger partial charge in [-0.1, -0.05) is 35.5 Å². The predicted octanol–water partition coefficient (Wildman–Crippen LogP) is 5.55. The van der Waals surface area contributed by atoms with Crippen molar-refractivity contribution in [3.8, 4) is 0 Å². The minimum Gasteiger partial charge on any atom is -0.366 e. The van der Waals surface area contributed by atoms with Crippen molar-refractivity contribution in [1.82, 2.24) is 4.90 Å². The predicted molar refractivity (Wildman–Crippen MR) is 93.2 cm³/mol. The molecule has 0 N–H and O–H groups in total. The van der Waals surface area contributed by atoms with Crippen molar-refractivity contribution in [2.24, 2.45) is 4.99 Å². The van der Waals surface area contributed by atoms with E-state index < -0.39 is 0 Å². The molecule has 0 amide bonds. The van der Waals surface area contributed by atoms with Crippen molar-refractivity contribution in [2.75, 3.05) is 13.6 Å². The molecule has 0 aromatic heterocycles. The van der Waals surface area contributed by atoms with Crippen molar-refractivity contribution in [1.29, 1.82) is 0 Å². The van der Waals surface area contributed by atoms with E-state index in [0.717, 1.165) is 22.7 Å². The summed E-state index contributed by atoms with van der Waals surface area (Å²) in [5, 5.41) is 0.574. The van der Waals surface area contributed by atoms with E-state index in [-0.39, 0.29) is 5.82 Å². The van der Waals surface area contributed by atoms with Gasteiger partial charge in [0.15, 0.2) is 0 Å². The molecule has 0 fully saturated rings. The van der Waals surface area contributed by atoms with Gasteiger partial charge in [0.1, 0.15) is 5.82 Å². The molecule has 2 nitrogen and oxygen atoms in total. The number of hydrogen-bond donors (Lipinski definition) is 0. The van der Waals surface area contributed by atoms with Crippen molar-refractivity contribution >= 4 is 35.4 Å². The summed E-state index contributed by atoms with van der Waals surface area (Å²) in [7, 11) is 1.96. The van der Waals surface area contributed by atoms with Crippen LogP contribution in [0.4, 0.5) is 10.1 Å². The first-order chi connectivity index (χ1) is 10.5. The highest BCUT2D eigenvalue weighted by Crippen LogP contribution is 2.38. The van der Waals surface area contributed by atoms with Gasteiger partial charge in [-0.25, -0.2) is 9.38 Å². The summed E-state index contributed by atoms with van der Waals surface area (Å²) in [6, 6.07) is 10.4. The molecule has 2 aromatic carbocycles. The van der Waals surface area contributed by atoms with Gasteiger partial charge in [-0.15, -0.1) is 0 Å². The molecule has 22 heavy (non-hydrogen) atoms. The summed E-state index contributed by atoms with van der Waals surface area (Å²) in [5.41, 5.74) is 1.83. The van der Waals surface area contributed by atoms with Gasteiger partial charge >= 0.3 is 0 Å². The highest BCUT2D eigenvalue weighted by Gasteiger charge is 2.09. The molecule has 116 valence electrons. The third kappa shape index (κ3) is 4.24. The minimum absolute atomic E-state index is 0.243. The molecular formula is C17H18ClFN2S. The summed E-state index contributed by atoms with van der Waals surface area (Å²) >= 11 is 7.65. The molecule has 0 saturated carbocycles. The molecule has 0 heterocycles. The van der Waals surface area contributed by atoms with Gasteiger partial charge in [-0.3, -0.25) is 0 Å². The Morgan fingerprint density at radius 2 is 2.00 bits per heavy atom. The molecule has 0 aliphatic heterocycles. The highest BCUT2D eigenvalue weighted by molar-refractivity contribution is 7.99. The van der Waals surface area contributed by atoms with Gasteiger partial charge < -0.3 is 4.90 Å². The molecule has 5 heteroatoms. The van der Waals surface area contributed by atoms with Gasteiger partial charge in [0, 0.05) is 23.4 Å². The van der Waals surface area contributed by atoms with Gasteiger partial charge in [-0.2, -0.15) is 0 Å². The second-order valence-corrected chi connectivity index (χ2v) is 6.41.